The number of thioether (sulfide) groups is 1. The fourth-order valence-corrected chi connectivity index (χ4v) is 5.25. The number of carbonyl (C=O) groups excluding carboxylic acids is 1. The topological polar surface area (TPSA) is 141 Å². The highest BCUT2D eigenvalue weighted by Gasteiger charge is 2.20. The summed E-state index contributed by atoms with van der Waals surface area (Å²) in [5.41, 5.74) is -0.111. The summed E-state index contributed by atoms with van der Waals surface area (Å²) in [4.78, 5) is 61.4. The van der Waals surface area contributed by atoms with Crippen LogP contribution in [0.3, 0.4) is 0 Å². The van der Waals surface area contributed by atoms with Crippen LogP contribution in [0.2, 0.25) is 0 Å². The average molecular weight is 419 g/mol. The van der Waals surface area contributed by atoms with Crippen LogP contribution in [0.1, 0.15) is 29.0 Å². The third-order valence-electron chi connectivity index (χ3n) is 4.54. The van der Waals surface area contributed by atoms with Gasteiger partial charge in [-0.2, -0.15) is 0 Å². The molecule has 0 saturated heterocycles. The second-order valence-electron chi connectivity index (χ2n) is 6.51. The van der Waals surface area contributed by atoms with Crippen LogP contribution in [0.15, 0.2) is 19.5 Å². The van der Waals surface area contributed by atoms with E-state index >= 15 is 0 Å². The number of aromatic nitrogens is 4. The molecule has 1 aliphatic carbocycles. The molecule has 3 aromatic rings. The van der Waals surface area contributed by atoms with Gasteiger partial charge in [0, 0.05) is 10.6 Å². The first kappa shape index (κ1) is 18.7. The Morgan fingerprint density at radius 1 is 1.14 bits per heavy atom. The maximum absolute atomic E-state index is 12.5. The zero-order valence-electron chi connectivity index (χ0n) is 14.9. The lowest BCUT2D eigenvalue weighted by atomic mass is 9.97. The molecule has 3 heterocycles. The Morgan fingerprint density at radius 2 is 1.93 bits per heavy atom. The summed E-state index contributed by atoms with van der Waals surface area (Å²) in [5, 5.41) is 3.51. The maximum atomic E-state index is 12.5. The van der Waals surface area contributed by atoms with Crippen molar-refractivity contribution in [2.75, 3.05) is 11.1 Å². The van der Waals surface area contributed by atoms with Crippen LogP contribution in [0.25, 0.3) is 10.2 Å². The summed E-state index contributed by atoms with van der Waals surface area (Å²) >= 11 is 2.63. The van der Waals surface area contributed by atoms with Crippen LogP contribution in [0.5, 0.6) is 0 Å². The molecule has 0 radical (unpaired) electrons. The Labute approximate surface area is 166 Å². The number of aromatic amines is 3. The van der Waals surface area contributed by atoms with Gasteiger partial charge in [0.15, 0.2) is 5.16 Å². The van der Waals surface area contributed by atoms with E-state index in [9.17, 15) is 19.2 Å². The molecule has 0 aromatic carbocycles. The number of hydrogen-bond donors (Lipinski definition) is 4. The molecule has 28 heavy (non-hydrogen) atoms. The van der Waals surface area contributed by atoms with Crippen molar-refractivity contribution in [3.05, 3.63) is 47.3 Å². The molecule has 4 N–H and O–H groups in total. The summed E-state index contributed by atoms with van der Waals surface area (Å²) in [6.45, 7) is 1.52. The van der Waals surface area contributed by atoms with E-state index in [-0.39, 0.29) is 22.7 Å². The summed E-state index contributed by atoms with van der Waals surface area (Å²) in [5.74, 6) is -0.490. The monoisotopic (exact) mass is 419 g/mol. The Bertz CT molecular complexity index is 1250. The van der Waals surface area contributed by atoms with E-state index in [1.165, 1.54) is 11.8 Å². The van der Waals surface area contributed by atoms with Crippen molar-refractivity contribution in [3.63, 3.8) is 0 Å². The highest BCUT2D eigenvalue weighted by Crippen LogP contribution is 2.34. The van der Waals surface area contributed by atoms with E-state index in [1.54, 1.807) is 11.3 Å². The fourth-order valence-electron chi connectivity index (χ4n) is 3.27. The zero-order chi connectivity index (χ0) is 19.8. The molecular weight excluding hydrogens is 402 g/mol. The van der Waals surface area contributed by atoms with E-state index in [0.29, 0.717) is 15.4 Å². The zero-order valence-corrected chi connectivity index (χ0v) is 16.6. The standard InChI is InChI=1S/C17H17N5O4S2/c1-7-12(14(25)20-16(26)18-7)19-10(23)6-27-17-21-13(24)11-8-4-2-3-5-9(8)28-15(11)22-17/h2-6H2,1H3,(H,19,23)(H,21,22,24)(H2,18,20,25,26). The molecule has 3 aromatic heterocycles. The Balaban J connectivity index is 1.51. The molecule has 4 rings (SSSR count). The van der Waals surface area contributed by atoms with E-state index in [4.69, 9.17) is 0 Å². The molecule has 0 unspecified atom stereocenters. The number of fused-ring (bicyclic) bond motifs is 3. The number of nitrogens with zero attached hydrogens (tertiary/aromatic N) is 1. The van der Waals surface area contributed by atoms with Crippen molar-refractivity contribution in [2.24, 2.45) is 0 Å². The molecule has 0 fully saturated rings. The minimum atomic E-state index is -0.670. The number of thiophene rings is 1. The summed E-state index contributed by atoms with van der Waals surface area (Å²) in [6, 6.07) is 0. The third kappa shape index (κ3) is 3.54. The maximum Gasteiger partial charge on any atom is 0.326 e. The summed E-state index contributed by atoms with van der Waals surface area (Å²) < 4.78 is 0. The molecule has 9 nitrogen and oxygen atoms in total. The van der Waals surface area contributed by atoms with Gasteiger partial charge >= 0.3 is 5.69 Å². The lowest BCUT2D eigenvalue weighted by Gasteiger charge is -2.09. The average Bonchev–Trinajstić information content (AvgIpc) is 3.01. The molecule has 0 spiro atoms. The second kappa shape index (κ2) is 7.40. The normalized spacial score (nSPS) is 13.5. The van der Waals surface area contributed by atoms with Crippen LogP contribution in [-0.4, -0.2) is 31.6 Å². The molecule has 0 atom stereocenters. The van der Waals surface area contributed by atoms with Gasteiger partial charge in [0.25, 0.3) is 11.1 Å². The lowest BCUT2D eigenvalue weighted by molar-refractivity contribution is -0.113. The largest absolute Gasteiger partial charge is 0.326 e. The smallest absolute Gasteiger partial charge is 0.319 e. The van der Waals surface area contributed by atoms with Gasteiger partial charge < -0.3 is 15.3 Å². The predicted molar refractivity (Wildman–Crippen MR) is 109 cm³/mol. The van der Waals surface area contributed by atoms with Gasteiger partial charge in [-0.05, 0) is 38.2 Å². The van der Waals surface area contributed by atoms with Crippen molar-refractivity contribution >= 4 is 44.9 Å². The molecule has 1 amide bonds. The van der Waals surface area contributed by atoms with Crippen molar-refractivity contribution in [3.8, 4) is 0 Å². The van der Waals surface area contributed by atoms with Gasteiger partial charge in [0.1, 0.15) is 10.5 Å². The minimum Gasteiger partial charge on any atom is -0.319 e. The SMILES string of the molecule is Cc1[nH]c(=O)[nH]c(=O)c1NC(=O)CSc1nc2sc3c(c2c(=O)[nH]1)CCCC3. The first-order valence-corrected chi connectivity index (χ1v) is 10.5. The molecule has 0 saturated carbocycles. The molecule has 11 heteroatoms. The number of amides is 1. The summed E-state index contributed by atoms with van der Waals surface area (Å²) in [6.07, 6.45) is 4.09. The van der Waals surface area contributed by atoms with Gasteiger partial charge in [-0.15, -0.1) is 11.3 Å². The molecule has 1 aliphatic rings. The third-order valence-corrected chi connectivity index (χ3v) is 6.60. The van der Waals surface area contributed by atoms with Gasteiger partial charge in [-0.3, -0.25) is 19.4 Å². The fraction of sp³-hybridized carbons (Fsp3) is 0.353. The van der Waals surface area contributed by atoms with Crippen LogP contribution < -0.4 is 22.1 Å². The van der Waals surface area contributed by atoms with Crippen molar-refractivity contribution in [1.82, 2.24) is 19.9 Å². The van der Waals surface area contributed by atoms with Crippen LogP contribution >= 0.6 is 23.1 Å². The first-order chi connectivity index (χ1) is 13.4. The van der Waals surface area contributed by atoms with Gasteiger partial charge in [0.2, 0.25) is 5.91 Å². The van der Waals surface area contributed by atoms with Crippen molar-refractivity contribution in [1.29, 1.82) is 0 Å². The molecule has 0 bridgehead atoms. The minimum absolute atomic E-state index is 0.00645. The number of rotatable bonds is 4. The van der Waals surface area contributed by atoms with E-state index in [0.717, 1.165) is 43.0 Å². The number of carbonyl (C=O) groups is 1. The highest BCUT2D eigenvalue weighted by molar-refractivity contribution is 7.99. The number of nitrogens with one attached hydrogen (secondary N) is 4. The van der Waals surface area contributed by atoms with E-state index in [2.05, 4.69) is 25.3 Å². The van der Waals surface area contributed by atoms with E-state index < -0.39 is 17.2 Å². The Hall–Kier alpha value is -2.66. The molecular formula is C17H17N5O4S2. The Morgan fingerprint density at radius 3 is 2.71 bits per heavy atom. The van der Waals surface area contributed by atoms with Crippen LogP contribution in [-0.2, 0) is 17.6 Å². The number of anilines is 1. The van der Waals surface area contributed by atoms with Gasteiger partial charge in [0.05, 0.1) is 11.1 Å². The van der Waals surface area contributed by atoms with Crippen molar-refractivity contribution in [2.45, 2.75) is 37.8 Å². The predicted octanol–water partition coefficient (Wildman–Crippen LogP) is 1.28. The van der Waals surface area contributed by atoms with Crippen LogP contribution in [0, 0.1) is 6.92 Å². The molecule has 0 aliphatic heterocycles. The molecule has 146 valence electrons. The van der Waals surface area contributed by atoms with Crippen LogP contribution in [0.4, 0.5) is 5.69 Å². The lowest BCUT2D eigenvalue weighted by Crippen LogP contribution is -2.29. The van der Waals surface area contributed by atoms with E-state index in [1.807, 2.05) is 0 Å². The quantitative estimate of drug-likeness (QED) is 0.371. The number of H-pyrrole nitrogens is 3. The van der Waals surface area contributed by atoms with Crippen molar-refractivity contribution < 1.29 is 4.79 Å². The number of aryl methyl sites for hydroxylation is 3. The Kier molecular flexibility index (Phi) is 4.94. The number of hydrogen-bond acceptors (Lipinski definition) is 7. The summed E-state index contributed by atoms with van der Waals surface area (Å²) in [7, 11) is 0. The van der Waals surface area contributed by atoms with Gasteiger partial charge in [-0.1, -0.05) is 11.8 Å². The first-order valence-electron chi connectivity index (χ1n) is 8.73. The highest BCUT2D eigenvalue weighted by atomic mass is 32.2. The van der Waals surface area contributed by atoms with Gasteiger partial charge in [-0.25, -0.2) is 9.78 Å². The second-order valence-corrected chi connectivity index (χ2v) is 8.55.